The number of rotatable bonds is 8. The molecule has 2 aliphatic rings. The second-order valence-electron chi connectivity index (χ2n) is 8.73. The molecule has 1 atom stereocenters. The fraction of sp³-hybridized carbons (Fsp3) is 0.407. The molecular weight excluding hydrogens is 430 g/mol. The highest BCUT2D eigenvalue weighted by Gasteiger charge is 2.27. The summed E-state index contributed by atoms with van der Waals surface area (Å²) in [5, 5.41) is 3.06. The maximum Gasteiger partial charge on any atom is 0.309 e. The van der Waals surface area contributed by atoms with E-state index in [0.29, 0.717) is 11.8 Å². The first-order valence-electron chi connectivity index (χ1n) is 11.9. The van der Waals surface area contributed by atoms with E-state index >= 15 is 0 Å². The number of carbonyl (C=O) groups is 2. The Morgan fingerprint density at radius 1 is 1.12 bits per heavy atom. The van der Waals surface area contributed by atoms with Crippen molar-refractivity contribution in [1.29, 1.82) is 0 Å². The largest absolute Gasteiger partial charge is 0.475 e. The summed E-state index contributed by atoms with van der Waals surface area (Å²) in [5.74, 6) is 0.685. The van der Waals surface area contributed by atoms with Crippen LogP contribution in [0.2, 0.25) is 0 Å². The number of aromatic nitrogens is 1. The van der Waals surface area contributed by atoms with Crippen LogP contribution in [0, 0.1) is 5.92 Å². The molecule has 1 N–H and O–H groups in total. The molecule has 0 spiro atoms. The molecule has 7 heteroatoms. The fourth-order valence-corrected chi connectivity index (χ4v) is 4.41. The lowest BCUT2D eigenvalue weighted by atomic mass is 9.89. The monoisotopic (exact) mass is 461 g/mol. The molecule has 1 aromatic heterocycles. The third kappa shape index (κ3) is 6.10. The van der Waals surface area contributed by atoms with Crippen LogP contribution in [-0.2, 0) is 19.1 Å². The van der Waals surface area contributed by atoms with Crippen molar-refractivity contribution in [2.75, 3.05) is 20.3 Å². The predicted octanol–water partition coefficient (Wildman–Crippen LogP) is 3.92. The molecule has 1 amide bonds. The van der Waals surface area contributed by atoms with Crippen molar-refractivity contribution in [3.63, 3.8) is 0 Å². The number of nitrogens with zero attached hydrogens (tertiary/aromatic N) is 2. The molecule has 0 radical (unpaired) electrons. The smallest absolute Gasteiger partial charge is 0.309 e. The van der Waals surface area contributed by atoms with Gasteiger partial charge in [-0.25, -0.2) is 4.99 Å². The second-order valence-corrected chi connectivity index (χ2v) is 8.73. The number of pyridine rings is 1. The van der Waals surface area contributed by atoms with E-state index < -0.39 is 6.04 Å². The molecule has 1 fully saturated rings. The number of carbonyl (C=O) groups excluding carboxylic acids is 2. The molecule has 1 aliphatic heterocycles. The van der Waals surface area contributed by atoms with Gasteiger partial charge in [-0.3, -0.25) is 14.6 Å². The highest BCUT2D eigenvalue weighted by molar-refractivity contribution is 5.98. The first-order valence-corrected chi connectivity index (χ1v) is 11.9. The average Bonchev–Trinajstić information content (AvgIpc) is 3.39. The second kappa shape index (κ2) is 11.6. The van der Waals surface area contributed by atoms with E-state index in [9.17, 15) is 9.59 Å². The van der Waals surface area contributed by atoms with Crippen LogP contribution in [0.1, 0.15) is 55.2 Å². The predicted molar refractivity (Wildman–Crippen MR) is 130 cm³/mol. The van der Waals surface area contributed by atoms with Crippen molar-refractivity contribution in [3.8, 4) is 0 Å². The van der Waals surface area contributed by atoms with E-state index in [4.69, 9.17) is 9.47 Å². The van der Waals surface area contributed by atoms with Crippen LogP contribution < -0.4 is 5.32 Å². The first-order chi connectivity index (χ1) is 16.6. The van der Waals surface area contributed by atoms with Gasteiger partial charge in [0.1, 0.15) is 6.61 Å². The quantitative estimate of drug-likeness (QED) is 0.602. The van der Waals surface area contributed by atoms with E-state index in [-0.39, 0.29) is 24.9 Å². The van der Waals surface area contributed by atoms with Gasteiger partial charge in [0.2, 0.25) is 11.8 Å². The summed E-state index contributed by atoms with van der Waals surface area (Å²) >= 11 is 0. The molecule has 1 aromatic carbocycles. The topological polar surface area (TPSA) is 89.9 Å². The summed E-state index contributed by atoms with van der Waals surface area (Å²) in [6.45, 7) is 0.984. The summed E-state index contributed by atoms with van der Waals surface area (Å²) in [6, 6.07) is 11.0. The molecule has 0 bridgehead atoms. The Kier molecular flexibility index (Phi) is 8.07. The van der Waals surface area contributed by atoms with Gasteiger partial charge >= 0.3 is 5.97 Å². The number of nitrogens with one attached hydrogen (secondary N) is 1. The molecule has 7 nitrogen and oxygen atoms in total. The van der Waals surface area contributed by atoms with Gasteiger partial charge in [-0.15, -0.1) is 0 Å². The Bertz CT molecular complexity index is 1040. The maximum absolute atomic E-state index is 12.6. The molecule has 2 heterocycles. The SMILES string of the molecule is COC(=O)CC=C(c1ccc(C2=NC(C(=O)NCC3CCCCC3)CO2)cc1)c1cccnc1. The molecule has 1 aliphatic carbocycles. The van der Waals surface area contributed by atoms with Gasteiger partial charge < -0.3 is 14.8 Å². The van der Waals surface area contributed by atoms with Crippen LogP contribution in [-0.4, -0.2) is 49.1 Å². The Hall–Kier alpha value is -3.48. The van der Waals surface area contributed by atoms with Crippen LogP contribution in [0.25, 0.3) is 5.57 Å². The van der Waals surface area contributed by atoms with Crippen LogP contribution in [0.15, 0.2) is 59.9 Å². The minimum absolute atomic E-state index is 0.0678. The molecule has 4 rings (SSSR count). The molecule has 0 saturated heterocycles. The van der Waals surface area contributed by atoms with Crippen molar-refractivity contribution in [1.82, 2.24) is 10.3 Å². The lowest BCUT2D eigenvalue weighted by molar-refractivity contribution is -0.139. The zero-order valence-corrected chi connectivity index (χ0v) is 19.5. The standard InChI is InChI=1S/C27H31N3O4/c1-33-25(31)14-13-23(22-8-5-15-28-17-22)20-9-11-21(12-10-20)27-30-24(18-34-27)26(32)29-16-19-6-3-2-4-7-19/h5,8-13,15,17,19,24H,2-4,6-7,14,16,18H2,1H3,(H,29,32). The third-order valence-corrected chi connectivity index (χ3v) is 6.36. The average molecular weight is 462 g/mol. The zero-order valence-electron chi connectivity index (χ0n) is 19.5. The van der Waals surface area contributed by atoms with Crippen molar-refractivity contribution in [2.24, 2.45) is 10.9 Å². The lowest BCUT2D eigenvalue weighted by Gasteiger charge is -2.22. The molecule has 1 saturated carbocycles. The summed E-state index contributed by atoms with van der Waals surface area (Å²) < 4.78 is 10.5. The number of amides is 1. The van der Waals surface area contributed by atoms with Crippen molar-refractivity contribution in [3.05, 3.63) is 71.6 Å². The molecule has 178 valence electrons. The third-order valence-electron chi connectivity index (χ3n) is 6.36. The summed E-state index contributed by atoms with van der Waals surface area (Å²) in [6.07, 6.45) is 11.7. The first kappa shape index (κ1) is 23.7. The van der Waals surface area contributed by atoms with E-state index in [0.717, 1.165) is 28.8 Å². The maximum atomic E-state index is 12.6. The van der Waals surface area contributed by atoms with Gasteiger partial charge in [0.05, 0.1) is 13.5 Å². The number of hydrogen-bond donors (Lipinski definition) is 1. The normalized spacial score (nSPS) is 18.7. The van der Waals surface area contributed by atoms with E-state index in [1.807, 2.05) is 42.5 Å². The minimum atomic E-state index is -0.510. The minimum Gasteiger partial charge on any atom is -0.475 e. The Balaban J connectivity index is 1.43. The highest BCUT2D eigenvalue weighted by atomic mass is 16.5. The van der Waals surface area contributed by atoms with Gasteiger partial charge in [0.25, 0.3) is 0 Å². The van der Waals surface area contributed by atoms with E-state index in [2.05, 4.69) is 15.3 Å². The number of benzene rings is 1. The number of esters is 1. The van der Waals surface area contributed by atoms with E-state index in [1.54, 1.807) is 12.4 Å². The van der Waals surface area contributed by atoms with Gasteiger partial charge in [0.15, 0.2) is 6.04 Å². The lowest BCUT2D eigenvalue weighted by Crippen LogP contribution is -2.37. The molecular formula is C27H31N3O4. The summed E-state index contributed by atoms with van der Waals surface area (Å²) in [5.41, 5.74) is 3.54. The van der Waals surface area contributed by atoms with Crippen LogP contribution in [0.3, 0.4) is 0 Å². The number of aliphatic imine (C=N–C) groups is 1. The molecule has 34 heavy (non-hydrogen) atoms. The summed E-state index contributed by atoms with van der Waals surface area (Å²) in [4.78, 5) is 33.0. The Morgan fingerprint density at radius 2 is 1.91 bits per heavy atom. The fourth-order valence-electron chi connectivity index (χ4n) is 4.41. The highest BCUT2D eigenvalue weighted by Crippen LogP contribution is 2.25. The molecule has 1 unspecified atom stereocenters. The Labute approximate surface area is 200 Å². The molecule has 2 aromatic rings. The van der Waals surface area contributed by atoms with Crippen LogP contribution in [0.4, 0.5) is 0 Å². The van der Waals surface area contributed by atoms with Crippen LogP contribution >= 0.6 is 0 Å². The zero-order chi connectivity index (χ0) is 23.8. The van der Waals surface area contributed by atoms with Crippen molar-refractivity contribution in [2.45, 2.75) is 44.6 Å². The van der Waals surface area contributed by atoms with Gasteiger partial charge in [-0.2, -0.15) is 0 Å². The van der Waals surface area contributed by atoms with E-state index in [1.165, 1.54) is 39.2 Å². The van der Waals surface area contributed by atoms with Crippen molar-refractivity contribution >= 4 is 23.3 Å². The van der Waals surface area contributed by atoms with Gasteiger partial charge in [0, 0.05) is 30.1 Å². The number of methoxy groups -OCH3 is 1. The van der Waals surface area contributed by atoms with Gasteiger partial charge in [-0.05, 0) is 48.1 Å². The number of hydrogen-bond acceptors (Lipinski definition) is 6. The van der Waals surface area contributed by atoms with Crippen LogP contribution in [0.5, 0.6) is 0 Å². The van der Waals surface area contributed by atoms with Gasteiger partial charge in [-0.1, -0.05) is 43.5 Å². The van der Waals surface area contributed by atoms with Crippen molar-refractivity contribution < 1.29 is 19.1 Å². The number of ether oxygens (including phenoxy) is 2. The Morgan fingerprint density at radius 3 is 2.62 bits per heavy atom. The summed E-state index contributed by atoms with van der Waals surface area (Å²) in [7, 11) is 1.38.